The summed E-state index contributed by atoms with van der Waals surface area (Å²) in [4.78, 5) is 20.1. The summed E-state index contributed by atoms with van der Waals surface area (Å²) in [7, 11) is 3.84. The van der Waals surface area contributed by atoms with Crippen LogP contribution >= 0.6 is 12.6 Å². The van der Waals surface area contributed by atoms with Crippen molar-refractivity contribution in [2.45, 2.75) is 62.4 Å². The molecule has 3 heterocycles. The van der Waals surface area contributed by atoms with Gasteiger partial charge < -0.3 is 24.6 Å². The van der Waals surface area contributed by atoms with Gasteiger partial charge in [0.2, 0.25) is 5.91 Å². The number of thiol groups is 1. The van der Waals surface area contributed by atoms with Crippen molar-refractivity contribution in [3.8, 4) is 5.75 Å². The summed E-state index contributed by atoms with van der Waals surface area (Å²) in [5.41, 5.74) is 2.32. The third kappa shape index (κ3) is 9.35. The predicted octanol–water partition coefficient (Wildman–Crippen LogP) is 3.23. The van der Waals surface area contributed by atoms with E-state index in [9.17, 15) is 13.6 Å². The Bertz CT molecular complexity index is 852. The van der Waals surface area contributed by atoms with Crippen molar-refractivity contribution >= 4 is 18.5 Å². The molecular weight excluding hydrogens is 498 g/mol. The van der Waals surface area contributed by atoms with E-state index in [0.717, 1.165) is 61.0 Å². The minimum absolute atomic E-state index is 0.0159. The lowest BCUT2D eigenvalue weighted by Gasteiger charge is -2.42. The lowest BCUT2D eigenvalue weighted by atomic mass is 10.0. The number of hydrogen-bond acceptors (Lipinski definition) is 7. The normalized spacial score (nSPS) is 23.3. The number of nitrogens with one attached hydrogen (secondary N) is 1. The number of rotatable bonds is 6. The highest BCUT2D eigenvalue weighted by atomic mass is 32.1. The maximum atomic E-state index is 13.4. The number of benzene rings is 1. The molecule has 3 fully saturated rings. The molecule has 210 valence electrons. The molecule has 1 N–H and O–H groups in total. The summed E-state index contributed by atoms with van der Waals surface area (Å²) in [6, 6.07) is 4.23. The van der Waals surface area contributed by atoms with Gasteiger partial charge in [-0.05, 0) is 70.1 Å². The van der Waals surface area contributed by atoms with E-state index in [4.69, 9.17) is 9.47 Å². The Balaban J connectivity index is 0.000000289. The number of alkyl halides is 2. The molecule has 0 spiro atoms. The van der Waals surface area contributed by atoms with Gasteiger partial charge in [-0.3, -0.25) is 9.69 Å². The molecule has 10 heteroatoms. The number of methoxy groups -OCH3 is 1. The number of piperidine rings is 2. The maximum Gasteiger partial charge on any atom is 0.250 e. The van der Waals surface area contributed by atoms with E-state index >= 15 is 0 Å². The van der Waals surface area contributed by atoms with Gasteiger partial charge in [-0.25, -0.2) is 8.78 Å². The third-order valence-corrected chi connectivity index (χ3v) is 8.29. The molecular formula is C27H44F2N4O3S. The largest absolute Gasteiger partial charge is 0.497 e. The first-order valence-corrected chi connectivity index (χ1v) is 13.8. The first-order chi connectivity index (χ1) is 17.6. The standard InChI is InChI=1S/C18H32F2N4O2.C9H12OS/c1-22-6-2-16(3-7-22)23-8-10-24(11-9-23)17(25)14-26-13-15-12-18(19,20)4-5-21-15;1-6-4-8(10-3)5-7(2)9(6)11/h15-16,21H,2-14H2,1H3;4-5,11H,1-3H3. The van der Waals surface area contributed by atoms with Crippen LogP contribution in [0.4, 0.5) is 8.78 Å². The van der Waals surface area contributed by atoms with Gasteiger partial charge >= 0.3 is 0 Å². The Morgan fingerprint density at radius 3 is 2.30 bits per heavy atom. The van der Waals surface area contributed by atoms with Crippen LogP contribution in [-0.2, 0) is 9.53 Å². The summed E-state index contributed by atoms with van der Waals surface area (Å²) in [6.45, 7) is 10.1. The number of likely N-dealkylation sites (tertiary alicyclic amines) is 1. The summed E-state index contributed by atoms with van der Waals surface area (Å²) >= 11 is 4.34. The van der Waals surface area contributed by atoms with Crippen LogP contribution in [0.2, 0.25) is 0 Å². The Morgan fingerprint density at radius 1 is 1.11 bits per heavy atom. The fourth-order valence-electron chi connectivity index (χ4n) is 5.22. The summed E-state index contributed by atoms with van der Waals surface area (Å²) in [6.07, 6.45) is 2.07. The second-order valence-electron chi connectivity index (χ2n) is 10.5. The molecule has 1 aromatic carbocycles. The summed E-state index contributed by atoms with van der Waals surface area (Å²) < 4.78 is 37.3. The molecule has 1 unspecified atom stereocenters. The van der Waals surface area contributed by atoms with Crippen molar-refractivity contribution in [3.63, 3.8) is 0 Å². The monoisotopic (exact) mass is 542 g/mol. The number of carbonyl (C=O) groups excluding carboxylic acids is 1. The molecule has 1 atom stereocenters. The first kappa shape index (κ1) is 30.1. The first-order valence-electron chi connectivity index (χ1n) is 13.3. The lowest BCUT2D eigenvalue weighted by molar-refractivity contribution is -0.139. The van der Waals surface area contributed by atoms with Gasteiger partial charge in [-0.2, -0.15) is 0 Å². The number of carbonyl (C=O) groups is 1. The van der Waals surface area contributed by atoms with Crippen LogP contribution in [0.5, 0.6) is 5.75 Å². The van der Waals surface area contributed by atoms with E-state index in [0.29, 0.717) is 12.6 Å². The second-order valence-corrected chi connectivity index (χ2v) is 11.0. The number of piperazine rings is 1. The van der Waals surface area contributed by atoms with E-state index in [1.165, 1.54) is 12.8 Å². The highest BCUT2D eigenvalue weighted by molar-refractivity contribution is 7.80. The number of hydrogen-bond donors (Lipinski definition) is 2. The van der Waals surface area contributed by atoms with Crippen LogP contribution in [0.3, 0.4) is 0 Å². The van der Waals surface area contributed by atoms with Crippen LogP contribution in [0.15, 0.2) is 17.0 Å². The highest BCUT2D eigenvalue weighted by Crippen LogP contribution is 2.27. The molecule has 1 amide bonds. The highest BCUT2D eigenvalue weighted by Gasteiger charge is 2.36. The zero-order valence-electron chi connectivity index (χ0n) is 22.8. The van der Waals surface area contributed by atoms with E-state index in [1.54, 1.807) is 7.11 Å². The summed E-state index contributed by atoms with van der Waals surface area (Å²) in [5.74, 6) is -1.75. The average Bonchev–Trinajstić information content (AvgIpc) is 2.87. The van der Waals surface area contributed by atoms with Crippen LogP contribution in [0.1, 0.15) is 36.8 Å². The number of amides is 1. The number of nitrogens with zero attached hydrogens (tertiary/aromatic N) is 3. The molecule has 3 saturated heterocycles. The average molecular weight is 543 g/mol. The molecule has 37 heavy (non-hydrogen) atoms. The van der Waals surface area contributed by atoms with Gasteiger partial charge in [-0.1, -0.05) is 0 Å². The number of ether oxygens (including phenoxy) is 2. The van der Waals surface area contributed by atoms with E-state index in [1.807, 2.05) is 30.9 Å². The number of aryl methyl sites for hydroxylation is 2. The molecule has 4 rings (SSSR count). The minimum Gasteiger partial charge on any atom is -0.497 e. The topological polar surface area (TPSA) is 57.3 Å². The van der Waals surface area contributed by atoms with E-state index < -0.39 is 5.92 Å². The van der Waals surface area contributed by atoms with E-state index in [2.05, 4.69) is 34.8 Å². The van der Waals surface area contributed by atoms with Crippen LogP contribution in [-0.4, -0.2) is 112 Å². The fraction of sp³-hybridized carbons (Fsp3) is 0.741. The minimum atomic E-state index is -2.62. The Labute approximate surface area is 226 Å². The summed E-state index contributed by atoms with van der Waals surface area (Å²) in [5, 5.41) is 3.03. The molecule has 3 aliphatic rings. The van der Waals surface area contributed by atoms with Crippen molar-refractivity contribution in [1.29, 1.82) is 0 Å². The van der Waals surface area contributed by atoms with Gasteiger partial charge in [0, 0.05) is 62.5 Å². The molecule has 1 aromatic rings. The molecule has 0 radical (unpaired) electrons. The van der Waals surface area contributed by atoms with Crippen molar-refractivity contribution in [2.24, 2.45) is 0 Å². The Hall–Kier alpha value is -1.46. The lowest BCUT2D eigenvalue weighted by Crippen LogP contribution is -2.54. The van der Waals surface area contributed by atoms with Gasteiger partial charge in [0.05, 0.1) is 13.7 Å². The van der Waals surface area contributed by atoms with Crippen molar-refractivity contribution in [2.75, 3.05) is 73.2 Å². The molecule has 3 aliphatic heterocycles. The van der Waals surface area contributed by atoms with Gasteiger partial charge in [0.15, 0.2) is 0 Å². The number of halogens is 2. The zero-order valence-corrected chi connectivity index (χ0v) is 23.7. The third-order valence-electron chi connectivity index (χ3n) is 7.59. The molecule has 7 nitrogen and oxygen atoms in total. The predicted molar refractivity (Wildman–Crippen MR) is 145 cm³/mol. The SMILES string of the molecule is CN1CCC(N2CCN(C(=O)COCC3CC(F)(F)CCN3)CC2)CC1.COc1cc(C)c(S)c(C)c1. The maximum absolute atomic E-state index is 13.4. The van der Waals surface area contributed by atoms with Crippen LogP contribution in [0.25, 0.3) is 0 Å². The van der Waals surface area contributed by atoms with Crippen LogP contribution < -0.4 is 10.1 Å². The molecule has 0 aliphatic carbocycles. The molecule has 0 saturated carbocycles. The Kier molecular flexibility index (Phi) is 11.4. The second kappa shape index (κ2) is 14.1. The zero-order chi connectivity index (χ0) is 27.0. The van der Waals surface area contributed by atoms with Crippen molar-refractivity contribution in [3.05, 3.63) is 23.3 Å². The smallest absolute Gasteiger partial charge is 0.250 e. The molecule has 0 bridgehead atoms. The van der Waals surface area contributed by atoms with Crippen molar-refractivity contribution in [1.82, 2.24) is 20.0 Å². The van der Waals surface area contributed by atoms with Gasteiger partial charge in [-0.15, -0.1) is 12.6 Å². The molecule has 0 aromatic heterocycles. The van der Waals surface area contributed by atoms with Gasteiger partial charge in [0.1, 0.15) is 12.4 Å². The fourth-order valence-corrected chi connectivity index (χ4v) is 5.35. The van der Waals surface area contributed by atoms with Crippen molar-refractivity contribution < 1.29 is 23.0 Å². The van der Waals surface area contributed by atoms with E-state index in [-0.39, 0.29) is 38.0 Å². The van der Waals surface area contributed by atoms with Gasteiger partial charge in [0.25, 0.3) is 5.92 Å². The quantitative estimate of drug-likeness (QED) is 0.539. The Morgan fingerprint density at radius 2 is 1.73 bits per heavy atom. The van der Waals surface area contributed by atoms with Crippen LogP contribution in [0, 0.1) is 13.8 Å².